The Kier molecular flexibility index (Phi) is 4.22. The number of benzene rings is 2. The van der Waals surface area contributed by atoms with Crippen molar-refractivity contribution in [2.75, 3.05) is 26.9 Å². The third-order valence-corrected chi connectivity index (χ3v) is 4.80. The van der Waals surface area contributed by atoms with E-state index in [1.807, 2.05) is 47.4 Å². The summed E-state index contributed by atoms with van der Waals surface area (Å²) in [6.07, 6.45) is 1.96. The third-order valence-electron chi connectivity index (χ3n) is 4.80. The number of methoxy groups -OCH3 is 1. The number of hydrogen-bond donors (Lipinski definition) is 0. The molecule has 1 atom stereocenters. The van der Waals surface area contributed by atoms with Crippen LogP contribution in [-0.2, 0) is 0 Å². The molecule has 0 saturated carbocycles. The fourth-order valence-corrected chi connectivity index (χ4v) is 3.52. The van der Waals surface area contributed by atoms with Crippen LogP contribution in [0.25, 0.3) is 0 Å². The van der Waals surface area contributed by atoms with Crippen LogP contribution in [-0.4, -0.2) is 37.7 Å². The smallest absolute Gasteiger partial charge is 0.254 e. The second-order valence-electron chi connectivity index (χ2n) is 6.29. The maximum atomic E-state index is 12.9. The number of nitrogens with zero attached hydrogens (tertiary/aromatic N) is 1. The molecule has 0 radical (unpaired) electrons. The van der Waals surface area contributed by atoms with E-state index in [2.05, 4.69) is 0 Å². The Balaban J connectivity index is 1.58. The van der Waals surface area contributed by atoms with Gasteiger partial charge in [0.15, 0.2) is 11.5 Å². The second-order valence-corrected chi connectivity index (χ2v) is 6.29. The summed E-state index contributed by atoms with van der Waals surface area (Å²) in [6, 6.07) is 13.4. The summed E-state index contributed by atoms with van der Waals surface area (Å²) in [5, 5.41) is 0. The zero-order valence-corrected chi connectivity index (χ0v) is 14.2. The summed E-state index contributed by atoms with van der Waals surface area (Å²) in [7, 11) is 1.62. The van der Waals surface area contributed by atoms with Crippen molar-refractivity contribution in [3.05, 3.63) is 53.6 Å². The molecule has 0 bridgehead atoms. The van der Waals surface area contributed by atoms with Crippen molar-refractivity contribution in [1.82, 2.24) is 4.90 Å². The molecule has 5 heteroatoms. The average Bonchev–Trinajstić information content (AvgIpc) is 3.17. The van der Waals surface area contributed by atoms with Crippen molar-refractivity contribution in [2.24, 2.45) is 0 Å². The van der Waals surface area contributed by atoms with Gasteiger partial charge in [-0.3, -0.25) is 4.79 Å². The first kappa shape index (κ1) is 15.8. The van der Waals surface area contributed by atoms with Gasteiger partial charge in [-0.1, -0.05) is 6.07 Å². The van der Waals surface area contributed by atoms with Crippen LogP contribution in [0, 0.1) is 0 Å². The summed E-state index contributed by atoms with van der Waals surface area (Å²) < 4.78 is 16.4. The van der Waals surface area contributed by atoms with Crippen molar-refractivity contribution < 1.29 is 19.0 Å². The molecule has 1 unspecified atom stereocenters. The van der Waals surface area contributed by atoms with Crippen LogP contribution in [0.4, 0.5) is 0 Å². The van der Waals surface area contributed by atoms with Crippen LogP contribution in [0.15, 0.2) is 42.5 Å². The summed E-state index contributed by atoms with van der Waals surface area (Å²) in [5.41, 5.74) is 1.79. The highest BCUT2D eigenvalue weighted by Crippen LogP contribution is 2.38. The second kappa shape index (κ2) is 6.67. The minimum absolute atomic E-state index is 0.0556. The van der Waals surface area contributed by atoms with Crippen LogP contribution in [0.2, 0.25) is 0 Å². The first-order valence-electron chi connectivity index (χ1n) is 8.61. The number of carbonyl (C=O) groups excluding carboxylic acids is 1. The van der Waals surface area contributed by atoms with E-state index in [4.69, 9.17) is 14.2 Å². The van der Waals surface area contributed by atoms with Crippen molar-refractivity contribution in [2.45, 2.75) is 18.9 Å². The number of amides is 1. The molecule has 25 heavy (non-hydrogen) atoms. The van der Waals surface area contributed by atoms with E-state index in [1.165, 1.54) is 0 Å². The van der Waals surface area contributed by atoms with Gasteiger partial charge in [0.25, 0.3) is 5.91 Å². The van der Waals surface area contributed by atoms with Crippen LogP contribution < -0.4 is 14.2 Å². The van der Waals surface area contributed by atoms with Crippen molar-refractivity contribution in [3.63, 3.8) is 0 Å². The third kappa shape index (κ3) is 3.02. The molecule has 1 saturated heterocycles. The molecule has 0 aliphatic carbocycles. The van der Waals surface area contributed by atoms with Gasteiger partial charge in [0.1, 0.15) is 19.0 Å². The van der Waals surface area contributed by atoms with Gasteiger partial charge in [-0.2, -0.15) is 0 Å². The number of hydrogen-bond acceptors (Lipinski definition) is 4. The van der Waals surface area contributed by atoms with Crippen molar-refractivity contribution in [1.29, 1.82) is 0 Å². The molecule has 5 nitrogen and oxygen atoms in total. The van der Waals surface area contributed by atoms with Gasteiger partial charge in [-0.15, -0.1) is 0 Å². The molecule has 0 spiro atoms. The largest absolute Gasteiger partial charge is 0.497 e. The van der Waals surface area contributed by atoms with E-state index in [0.717, 1.165) is 42.2 Å². The lowest BCUT2D eigenvalue weighted by molar-refractivity contribution is 0.0735. The van der Waals surface area contributed by atoms with Crippen LogP contribution in [0.5, 0.6) is 17.2 Å². The molecule has 1 fully saturated rings. The maximum Gasteiger partial charge on any atom is 0.254 e. The number of rotatable bonds is 3. The van der Waals surface area contributed by atoms with Gasteiger partial charge in [0.2, 0.25) is 0 Å². The number of ether oxygens (including phenoxy) is 3. The molecule has 2 heterocycles. The highest BCUT2D eigenvalue weighted by molar-refractivity contribution is 5.94. The summed E-state index contributed by atoms with van der Waals surface area (Å²) in [6.45, 7) is 1.91. The molecule has 1 amide bonds. The van der Waals surface area contributed by atoms with Gasteiger partial charge in [-0.25, -0.2) is 0 Å². The predicted molar refractivity (Wildman–Crippen MR) is 93.4 cm³/mol. The first-order valence-corrected chi connectivity index (χ1v) is 8.61. The Bertz CT molecular complexity index is 772. The monoisotopic (exact) mass is 339 g/mol. The molecule has 0 N–H and O–H groups in total. The fraction of sp³-hybridized carbons (Fsp3) is 0.350. The minimum Gasteiger partial charge on any atom is -0.497 e. The molecular formula is C20H21NO4. The van der Waals surface area contributed by atoms with Gasteiger partial charge in [0, 0.05) is 12.1 Å². The average molecular weight is 339 g/mol. The highest BCUT2D eigenvalue weighted by Gasteiger charge is 2.31. The summed E-state index contributed by atoms with van der Waals surface area (Å²) in [5.74, 6) is 2.36. The fourth-order valence-electron chi connectivity index (χ4n) is 3.52. The van der Waals surface area contributed by atoms with Gasteiger partial charge >= 0.3 is 0 Å². The predicted octanol–water partition coefficient (Wildman–Crippen LogP) is 3.44. The van der Waals surface area contributed by atoms with Gasteiger partial charge in [-0.05, 0) is 54.8 Å². The van der Waals surface area contributed by atoms with Crippen LogP contribution in [0.3, 0.4) is 0 Å². The Labute approximate surface area is 147 Å². The number of fused-ring (bicyclic) bond motifs is 1. The topological polar surface area (TPSA) is 48.0 Å². The molecule has 2 aromatic carbocycles. The number of carbonyl (C=O) groups is 1. The zero-order chi connectivity index (χ0) is 17.2. The summed E-state index contributed by atoms with van der Waals surface area (Å²) in [4.78, 5) is 14.9. The first-order chi connectivity index (χ1) is 12.3. The van der Waals surface area contributed by atoms with Gasteiger partial charge < -0.3 is 19.1 Å². The normalized spacial score (nSPS) is 18.9. The Morgan fingerprint density at radius 3 is 2.60 bits per heavy atom. The molecular weight excluding hydrogens is 318 g/mol. The van der Waals surface area contributed by atoms with E-state index in [1.54, 1.807) is 7.11 Å². The molecule has 0 aromatic heterocycles. The highest BCUT2D eigenvalue weighted by atomic mass is 16.6. The van der Waals surface area contributed by atoms with E-state index in [9.17, 15) is 4.79 Å². The van der Waals surface area contributed by atoms with E-state index in [0.29, 0.717) is 18.8 Å². The Morgan fingerprint density at radius 2 is 1.84 bits per heavy atom. The van der Waals surface area contributed by atoms with Crippen LogP contribution >= 0.6 is 0 Å². The van der Waals surface area contributed by atoms with Crippen molar-refractivity contribution in [3.8, 4) is 17.2 Å². The lowest BCUT2D eigenvalue weighted by atomic mass is 10.0. The minimum atomic E-state index is 0.0556. The Morgan fingerprint density at radius 1 is 1.08 bits per heavy atom. The Hall–Kier alpha value is -2.69. The molecule has 130 valence electrons. The van der Waals surface area contributed by atoms with E-state index >= 15 is 0 Å². The lowest BCUT2D eigenvalue weighted by Crippen LogP contribution is -2.30. The van der Waals surface area contributed by atoms with Crippen LogP contribution in [0.1, 0.15) is 34.8 Å². The maximum absolute atomic E-state index is 12.9. The van der Waals surface area contributed by atoms with E-state index in [-0.39, 0.29) is 11.9 Å². The lowest BCUT2D eigenvalue weighted by Gasteiger charge is -2.27. The number of likely N-dealkylation sites (tertiary alicyclic amines) is 1. The SMILES string of the molecule is COc1ccc(C(=O)N2CCCC2c2ccc3c(c2)OCCO3)cc1. The van der Waals surface area contributed by atoms with E-state index < -0.39 is 0 Å². The standard InChI is InChI=1S/C20H21NO4/c1-23-16-7-4-14(5-8-16)20(22)21-10-2-3-17(21)15-6-9-18-19(13-15)25-12-11-24-18/h4-9,13,17H,2-3,10-12H2,1H3. The molecule has 2 aliphatic rings. The van der Waals surface area contributed by atoms with Gasteiger partial charge in [0.05, 0.1) is 13.2 Å². The van der Waals surface area contributed by atoms with Crippen molar-refractivity contribution >= 4 is 5.91 Å². The molecule has 4 rings (SSSR count). The quantitative estimate of drug-likeness (QED) is 0.859. The zero-order valence-electron chi connectivity index (χ0n) is 14.2. The summed E-state index contributed by atoms with van der Waals surface area (Å²) >= 11 is 0. The molecule has 2 aromatic rings. The molecule has 2 aliphatic heterocycles.